The molecule has 1 saturated carbocycles. The second-order valence-corrected chi connectivity index (χ2v) is 5.81. The van der Waals surface area contributed by atoms with E-state index in [0.29, 0.717) is 4.75 Å². The number of fused-ring (bicyclic) bond motifs is 1. The zero-order valence-electron chi connectivity index (χ0n) is 9.89. The minimum absolute atomic E-state index is 0.425. The summed E-state index contributed by atoms with van der Waals surface area (Å²) in [6.45, 7) is 0.992. The number of nitrogens with one attached hydrogen (secondary N) is 1. The highest BCUT2D eigenvalue weighted by Gasteiger charge is 2.35. The van der Waals surface area contributed by atoms with Crippen LogP contribution in [0.5, 0.6) is 0 Å². The maximum atomic E-state index is 4.39. The van der Waals surface area contributed by atoms with Gasteiger partial charge in [-0.05, 0) is 25.2 Å². The maximum Gasteiger partial charge on any atom is 0.152 e. The van der Waals surface area contributed by atoms with Crippen LogP contribution in [0.25, 0.3) is 5.52 Å². The second kappa shape index (κ2) is 4.22. The van der Waals surface area contributed by atoms with E-state index in [-0.39, 0.29) is 0 Å². The van der Waals surface area contributed by atoms with Crippen molar-refractivity contribution in [2.24, 2.45) is 0 Å². The van der Waals surface area contributed by atoms with E-state index in [4.69, 9.17) is 0 Å². The van der Waals surface area contributed by atoms with Gasteiger partial charge in [0, 0.05) is 23.7 Å². The van der Waals surface area contributed by atoms with Crippen LogP contribution in [0.1, 0.15) is 19.3 Å². The monoisotopic (exact) mass is 248 g/mol. The minimum atomic E-state index is 0.425. The molecule has 3 rings (SSSR count). The molecule has 0 spiro atoms. The van der Waals surface area contributed by atoms with E-state index in [1.54, 1.807) is 12.4 Å². The number of hydrogen-bond donors (Lipinski definition) is 1. The van der Waals surface area contributed by atoms with Crippen LogP contribution < -0.4 is 5.32 Å². The number of aromatic nitrogens is 3. The molecule has 0 saturated heterocycles. The summed E-state index contributed by atoms with van der Waals surface area (Å²) in [5.74, 6) is 0.935. The van der Waals surface area contributed by atoms with Gasteiger partial charge < -0.3 is 5.32 Å². The molecule has 2 aromatic heterocycles. The SMILES string of the molecule is CSC1(CNc2nccn3nccc23)CCC1. The van der Waals surface area contributed by atoms with Gasteiger partial charge >= 0.3 is 0 Å². The molecule has 1 fully saturated rings. The highest BCUT2D eigenvalue weighted by Crippen LogP contribution is 2.42. The van der Waals surface area contributed by atoms with Crippen LogP contribution in [0.15, 0.2) is 24.7 Å². The van der Waals surface area contributed by atoms with Gasteiger partial charge in [-0.3, -0.25) is 0 Å². The first-order valence-corrected chi connectivity index (χ1v) is 7.13. The molecule has 17 heavy (non-hydrogen) atoms. The van der Waals surface area contributed by atoms with Crippen molar-refractivity contribution in [1.82, 2.24) is 14.6 Å². The van der Waals surface area contributed by atoms with E-state index in [1.165, 1.54) is 19.3 Å². The molecule has 0 aliphatic heterocycles. The van der Waals surface area contributed by atoms with Crippen LogP contribution in [0.3, 0.4) is 0 Å². The minimum Gasteiger partial charge on any atom is -0.367 e. The summed E-state index contributed by atoms with van der Waals surface area (Å²) in [4.78, 5) is 4.39. The number of thioether (sulfide) groups is 1. The molecule has 0 unspecified atom stereocenters. The summed E-state index contributed by atoms with van der Waals surface area (Å²) in [6.07, 6.45) is 11.6. The molecule has 2 aromatic rings. The van der Waals surface area contributed by atoms with Gasteiger partial charge in [0.15, 0.2) is 5.82 Å². The molecule has 5 heteroatoms. The van der Waals surface area contributed by atoms with Crippen molar-refractivity contribution >= 4 is 23.1 Å². The Hall–Kier alpha value is -1.23. The molecule has 1 N–H and O–H groups in total. The fourth-order valence-electron chi connectivity index (χ4n) is 2.26. The molecule has 4 nitrogen and oxygen atoms in total. The molecule has 0 atom stereocenters. The Kier molecular flexibility index (Phi) is 2.70. The Morgan fingerprint density at radius 2 is 2.35 bits per heavy atom. The molecule has 1 aliphatic rings. The summed E-state index contributed by atoms with van der Waals surface area (Å²) in [6, 6.07) is 1.99. The molecule has 90 valence electrons. The van der Waals surface area contributed by atoms with Gasteiger partial charge in [0.25, 0.3) is 0 Å². The van der Waals surface area contributed by atoms with Gasteiger partial charge in [-0.15, -0.1) is 0 Å². The standard InChI is InChI=1S/C12H16N4S/c1-17-12(4-2-5-12)9-14-11-10-3-6-15-16(10)8-7-13-11/h3,6-8H,2,4-5,9H2,1H3,(H,13,14). The third-order valence-corrected chi connectivity index (χ3v) is 5.02. The summed E-state index contributed by atoms with van der Waals surface area (Å²) in [7, 11) is 0. The largest absolute Gasteiger partial charge is 0.367 e. The Morgan fingerprint density at radius 3 is 3.06 bits per heavy atom. The van der Waals surface area contributed by atoms with Crippen LogP contribution >= 0.6 is 11.8 Å². The third-order valence-electron chi connectivity index (χ3n) is 3.60. The van der Waals surface area contributed by atoms with E-state index in [2.05, 4.69) is 21.7 Å². The number of rotatable bonds is 4. The van der Waals surface area contributed by atoms with Crippen molar-refractivity contribution in [2.75, 3.05) is 18.1 Å². The van der Waals surface area contributed by atoms with E-state index in [1.807, 2.05) is 28.5 Å². The number of nitrogens with zero attached hydrogens (tertiary/aromatic N) is 3. The average molecular weight is 248 g/mol. The predicted octanol–water partition coefficient (Wildman–Crippen LogP) is 2.43. The van der Waals surface area contributed by atoms with Gasteiger partial charge in [0.05, 0.1) is 6.20 Å². The van der Waals surface area contributed by atoms with Crippen LogP contribution in [0, 0.1) is 0 Å². The Labute approximate surface area is 105 Å². The molecule has 2 heterocycles. The van der Waals surface area contributed by atoms with E-state index < -0.39 is 0 Å². The van der Waals surface area contributed by atoms with Crippen LogP contribution in [0.2, 0.25) is 0 Å². The Bertz CT molecular complexity index is 512. The van der Waals surface area contributed by atoms with E-state index in [9.17, 15) is 0 Å². The van der Waals surface area contributed by atoms with Crippen molar-refractivity contribution < 1.29 is 0 Å². The van der Waals surface area contributed by atoms with Crippen molar-refractivity contribution in [2.45, 2.75) is 24.0 Å². The number of anilines is 1. The molecule has 0 radical (unpaired) electrons. The van der Waals surface area contributed by atoms with Crippen molar-refractivity contribution in [3.8, 4) is 0 Å². The van der Waals surface area contributed by atoms with Gasteiger partial charge in [0.1, 0.15) is 5.52 Å². The molecular weight excluding hydrogens is 232 g/mol. The third kappa shape index (κ3) is 1.88. The van der Waals surface area contributed by atoms with Crippen molar-refractivity contribution in [1.29, 1.82) is 0 Å². The second-order valence-electron chi connectivity index (χ2n) is 4.53. The zero-order chi connectivity index (χ0) is 11.7. The predicted molar refractivity (Wildman–Crippen MR) is 71.6 cm³/mol. The first-order chi connectivity index (χ1) is 8.33. The lowest BCUT2D eigenvalue weighted by Crippen LogP contribution is -2.40. The molecular formula is C12H16N4S. The summed E-state index contributed by atoms with van der Waals surface area (Å²) in [5.41, 5.74) is 1.04. The van der Waals surface area contributed by atoms with E-state index >= 15 is 0 Å². The van der Waals surface area contributed by atoms with Crippen LogP contribution in [-0.2, 0) is 0 Å². The van der Waals surface area contributed by atoms with Crippen LogP contribution in [-0.4, -0.2) is 32.1 Å². The van der Waals surface area contributed by atoms with Gasteiger partial charge in [-0.2, -0.15) is 16.9 Å². The van der Waals surface area contributed by atoms with Gasteiger partial charge in [0.2, 0.25) is 0 Å². The highest BCUT2D eigenvalue weighted by molar-refractivity contribution is 8.00. The molecule has 0 amide bonds. The van der Waals surface area contributed by atoms with Crippen molar-refractivity contribution in [3.05, 3.63) is 24.7 Å². The molecule has 0 bridgehead atoms. The smallest absolute Gasteiger partial charge is 0.152 e. The fraction of sp³-hybridized carbons (Fsp3) is 0.500. The summed E-state index contributed by atoms with van der Waals surface area (Å²) >= 11 is 1.97. The Balaban J connectivity index is 1.78. The zero-order valence-corrected chi connectivity index (χ0v) is 10.7. The van der Waals surface area contributed by atoms with Gasteiger partial charge in [-0.25, -0.2) is 9.50 Å². The first kappa shape index (κ1) is 10.9. The van der Waals surface area contributed by atoms with E-state index in [0.717, 1.165) is 17.9 Å². The molecule has 0 aromatic carbocycles. The quantitative estimate of drug-likeness (QED) is 0.902. The highest BCUT2D eigenvalue weighted by atomic mass is 32.2. The average Bonchev–Trinajstić information content (AvgIpc) is 2.77. The number of hydrogen-bond acceptors (Lipinski definition) is 4. The lowest BCUT2D eigenvalue weighted by molar-refractivity contribution is 0.379. The lowest BCUT2D eigenvalue weighted by Gasteiger charge is -2.40. The summed E-state index contributed by atoms with van der Waals surface area (Å²) < 4.78 is 2.27. The van der Waals surface area contributed by atoms with Crippen molar-refractivity contribution in [3.63, 3.8) is 0 Å². The lowest BCUT2D eigenvalue weighted by atomic mass is 9.84. The maximum absolute atomic E-state index is 4.39. The first-order valence-electron chi connectivity index (χ1n) is 5.90. The van der Waals surface area contributed by atoms with Gasteiger partial charge in [-0.1, -0.05) is 6.42 Å². The normalized spacial score (nSPS) is 17.9. The summed E-state index contributed by atoms with van der Waals surface area (Å²) in [5, 5.41) is 7.68. The van der Waals surface area contributed by atoms with Crippen LogP contribution in [0.4, 0.5) is 5.82 Å². The Morgan fingerprint density at radius 1 is 1.47 bits per heavy atom. The molecule has 1 aliphatic carbocycles. The fourth-order valence-corrected chi connectivity index (χ4v) is 3.18. The topological polar surface area (TPSA) is 42.2 Å².